The molecule has 0 unspecified atom stereocenters. The molecule has 124 valence electrons. The highest BCUT2D eigenvalue weighted by molar-refractivity contribution is 6.08. The SMILES string of the molecule is O=C1[C@@H]2[C@H](C(=O)N1/N=C\c1c[nH]c3ccccc13)[C@@H]1C=C[C@@H]2C12CC2. The van der Waals surface area contributed by atoms with Crippen molar-refractivity contribution in [2.45, 2.75) is 12.8 Å². The number of hydrazone groups is 1. The summed E-state index contributed by atoms with van der Waals surface area (Å²) in [7, 11) is 0. The van der Waals surface area contributed by atoms with Gasteiger partial charge in [-0.2, -0.15) is 10.1 Å². The molecule has 4 aliphatic rings. The molecule has 1 aliphatic heterocycles. The van der Waals surface area contributed by atoms with Crippen molar-refractivity contribution < 1.29 is 9.59 Å². The Morgan fingerprint density at radius 2 is 1.76 bits per heavy atom. The summed E-state index contributed by atoms with van der Waals surface area (Å²) in [5, 5.41) is 6.44. The monoisotopic (exact) mass is 331 g/mol. The van der Waals surface area contributed by atoms with Crippen LogP contribution in [-0.2, 0) is 9.59 Å². The molecule has 3 aliphatic carbocycles. The predicted molar refractivity (Wildman–Crippen MR) is 92.5 cm³/mol. The molecule has 1 aromatic carbocycles. The molecule has 3 fully saturated rings. The Hall–Kier alpha value is -2.69. The van der Waals surface area contributed by atoms with Gasteiger partial charge in [0.05, 0.1) is 18.1 Å². The molecule has 2 aromatic rings. The van der Waals surface area contributed by atoms with Crippen molar-refractivity contribution >= 4 is 28.9 Å². The van der Waals surface area contributed by atoms with Crippen LogP contribution in [0.4, 0.5) is 0 Å². The smallest absolute Gasteiger partial charge is 0.254 e. The molecule has 2 amide bonds. The molecule has 2 saturated carbocycles. The summed E-state index contributed by atoms with van der Waals surface area (Å²) < 4.78 is 0. The lowest BCUT2D eigenvalue weighted by atomic mass is 9.85. The molecule has 5 heteroatoms. The third-order valence-corrected chi connectivity index (χ3v) is 6.76. The van der Waals surface area contributed by atoms with Crippen molar-refractivity contribution in [2.75, 3.05) is 0 Å². The fourth-order valence-corrected chi connectivity index (χ4v) is 5.50. The summed E-state index contributed by atoms with van der Waals surface area (Å²) in [6, 6.07) is 7.91. The Balaban J connectivity index is 1.34. The minimum Gasteiger partial charge on any atom is -0.361 e. The molecule has 1 N–H and O–H groups in total. The van der Waals surface area contributed by atoms with Gasteiger partial charge in [0.1, 0.15) is 0 Å². The number of nitrogens with zero attached hydrogens (tertiary/aromatic N) is 2. The van der Waals surface area contributed by atoms with Crippen LogP contribution >= 0.6 is 0 Å². The van der Waals surface area contributed by atoms with Gasteiger partial charge < -0.3 is 4.98 Å². The normalized spacial score (nSPS) is 34.2. The van der Waals surface area contributed by atoms with Crippen LogP contribution in [0.1, 0.15) is 18.4 Å². The van der Waals surface area contributed by atoms with Gasteiger partial charge in [0.25, 0.3) is 11.8 Å². The average Bonchev–Trinajstić information content (AvgIpc) is 3.00. The number of fused-ring (bicyclic) bond motifs is 4. The number of hydrogen-bond acceptors (Lipinski definition) is 3. The van der Waals surface area contributed by atoms with Crippen LogP contribution in [0.25, 0.3) is 10.9 Å². The van der Waals surface area contributed by atoms with Crippen molar-refractivity contribution in [3.8, 4) is 0 Å². The molecule has 2 bridgehead atoms. The largest absolute Gasteiger partial charge is 0.361 e. The van der Waals surface area contributed by atoms with E-state index in [4.69, 9.17) is 0 Å². The number of allylic oxidation sites excluding steroid dienone is 2. The summed E-state index contributed by atoms with van der Waals surface area (Å²) in [5.41, 5.74) is 2.12. The first-order valence-corrected chi connectivity index (χ1v) is 8.87. The Kier molecular flexibility index (Phi) is 2.33. The number of imide groups is 1. The van der Waals surface area contributed by atoms with E-state index in [0.29, 0.717) is 0 Å². The number of aromatic nitrogens is 1. The van der Waals surface area contributed by atoms with Crippen LogP contribution in [0.5, 0.6) is 0 Å². The Bertz CT molecular complexity index is 963. The van der Waals surface area contributed by atoms with Crippen LogP contribution in [-0.4, -0.2) is 28.0 Å². The third kappa shape index (κ3) is 1.52. The third-order valence-electron chi connectivity index (χ3n) is 6.76. The highest BCUT2D eigenvalue weighted by atomic mass is 16.2. The molecule has 1 saturated heterocycles. The summed E-state index contributed by atoms with van der Waals surface area (Å²) >= 11 is 0. The number of rotatable bonds is 2. The fraction of sp³-hybridized carbons (Fsp3) is 0.350. The van der Waals surface area contributed by atoms with Crippen LogP contribution < -0.4 is 0 Å². The lowest BCUT2D eigenvalue weighted by Gasteiger charge is -2.18. The van der Waals surface area contributed by atoms with Crippen LogP contribution in [0.2, 0.25) is 0 Å². The fourth-order valence-electron chi connectivity index (χ4n) is 5.50. The second-order valence-electron chi connectivity index (χ2n) is 7.74. The highest BCUT2D eigenvalue weighted by Gasteiger charge is 2.73. The number of para-hydroxylation sites is 1. The van der Waals surface area contributed by atoms with Gasteiger partial charge in [-0.25, -0.2) is 0 Å². The Morgan fingerprint density at radius 1 is 1.08 bits per heavy atom. The number of nitrogens with one attached hydrogen (secondary N) is 1. The number of H-pyrrole nitrogens is 1. The molecule has 1 spiro atoms. The molecule has 6 rings (SSSR count). The summed E-state index contributed by atoms with van der Waals surface area (Å²) in [6.07, 6.45) is 10.1. The van der Waals surface area contributed by atoms with E-state index in [-0.39, 0.29) is 40.9 Å². The quantitative estimate of drug-likeness (QED) is 0.522. The van der Waals surface area contributed by atoms with E-state index in [1.54, 1.807) is 6.21 Å². The lowest BCUT2D eigenvalue weighted by molar-refractivity contribution is -0.141. The predicted octanol–water partition coefficient (Wildman–Crippen LogP) is 2.70. The number of hydrogen-bond donors (Lipinski definition) is 1. The lowest BCUT2D eigenvalue weighted by Crippen LogP contribution is -2.30. The molecule has 4 atom stereocenters. The second-order valence-corrected chi connectivity index (χ2v) is 7.74. The molecule has 2 heterocycles. The molecule has 5 nitrogen and oxygen atoms in total. The van der Waals surface area contributed by atoms with Gasteiger partial charge in [-0.3, -0.25) is 9.59 Å². The van der Waals surface area contributed by atoms with E-state index in [0.717, 1.165) is 34.3 Å². The van der Waals surface area contributed by atoms with Gasteiger partial charge in [0.15, 0.2) is 0 Å². The zero-order chi connectivity index (χ0) is 16.8. The van der Waals surface area contributed by atoms with Crippen molar-refractivity contribution in [1.82, 2.24) is 9.99 Å². The molecular weight excluding hydrogens is 314 g/mol. The highest BCUT2D eigenvalue weighted by Crippen LogP contribution is 2.73. The molecule has 1 aromatic heterocycles. The molecule has 25 heavy (non-hydrogen) atoms. The van der Waals surface area contributed by atoms with Crippen LogP contribution in [0, 0.1) is 29.1 Å². The number of aromatic amines is 1. The first kappa shape index (κ1) is 13.6. The summed E-state index contributed by atoms with van der Waals surface area (Å²) in [5.74, 6) is -0.127. The van der Waals surface area contributed by atoms with Crippen molar-refractivity contribution in [3.63, 3.8) is 0 Å². The standard InChI is InChI=1S/C20H17N3O2/c24-18-16-13-5-6-14(20(13)7-8-20)17(16)19(25)23(18)22-10-11-9-21-15-4-2-1-3-12(11)15/h1-6,9-10,13-14,16-17,21H,7-8H2/b22-10-/t13-,14-,16-,17+/m0/s1. The van der Waals surface area contributed by atoms with E-state index in [1.807, 2.05) is 30.5 Å². The minimum atomic E-state index is -0.190. The van der Waals surface area contributed by atoms with Gasteiger partial charge >= 0.3 is 0 Å². The van der Waals surface area contributed by atoms with Crippen molar-refractivity contribution in [3.05, 3.63) is 48.2 Å². The number of benzene rings is 1. The minimum absolute atomic E-state index is 0.116. The molecular formula is C20H17N3O2. The molecule has 0 radical (unpaired) electrons. The van der Waals surface area contributed by atoms with E-state index >= 15 is 0 Å². The van der Waals surface area contributed by atoms with E-state index < -0.39 is 0 Å². The van der Waals surface area contributed by atoms with Crippen molar-refractivity contribution in [2.24, 2.45) is 34.2 Å². The Labute approximate surface area is 144 Å². The first-order valence-electron chi connectivity index (χ1n) is 8.87. The van der Waals surface area contributed by atoms with Gasteiger partial charge in [0, 0.05) is 22.7 Å². The first-order chi connectivity index (χ1) is 12.2. The van der Waals surface area contributed by atoms with Crippen LogP contribution in [0.15, 0.2) is 47.7 Å². The summed E-state index contributed by atoms with van der Waals surface area (Å²) in [4.78, 5) is 28.9. The maximum absolute atomic E-state index is 12.9. The van der Waals surface area contributed by atoms with E-state index in [9.17, 15) is 9.59 Å². The van der Waals surface area contributed by atoms with Crippen molar-refractivity contribution in [1.29, 1.82) is 0 Å². The topological polar surface area (TPSA) is 65.5 Å². The zero-order valence-electron chi connectivity index (χ0n) is 13.6. The number of amides is 2. The van der Waals surface area contributed by atoms with E-state index in [1.165, 1.54) is 0 Å². The number of carbonyl (C=O) groups excluding carboxylic acids is 2. The maximum Gasteiger partial charge on any atom is 0.254 e. The second kappa shape index (κ2) is 4.28. The zero-order valence-corrected chi connectivity index (χ0v) is 13.6. The van der Waals surface area contributed by atoms with Gasteiger partial charge in [-0.1, -0.05) is 30.4 Å². The van der Waals surface area contributed by atoms with Crippen LogP contribution in [0.3, 0.4) is 0 Å². The van der Waals surface area contributed by atoms with Gasteiger partial charge in [-0.15, -0.1) is 0 Å². The summed E-state index contributed by atoms with van der Waals surface area (Å²) in [6.45, 7) is 0. The van der Waals surface area contributed by atoms with Gasteiger partial charge in [0.2, 0.25) is 0 Å². The Morgan fingerprint density at radius 3 is 2.44 bits per heavy atom. The van der Waals surface area contributed by atoms with Gasteiger partial charge in [-0.05, 0) is 36.2 Å². The van der Waals surface area contributed by atoms with E-state index in [2.05, 4.69) is 22.2 Å². The average molecular weight is 331 g/mol. The number of carbonyl (C=O) groups is 2. The maximum atomic E-state index is 12.9.